The Morgan fingerprint density at radius 2 is 1.49 bits per heavy atom. The summed E-state index contributed by atoms with van der Waals surface area (Å²) in [4.78, 5) is 14.5. The van der Waals surface area contributed by atoms with Crippen LogP contribution in [0.5, 0.6) is 11.5 Å². The van der Waals surface area contributed by atoms with Gasteiger partial charge in [-0.05, 0) is 53.8 Å². The normalized spacial score (nSPS) is 18.9. The Morgan fingerprint density at radius 1 is 0.902 bits per heavy atom. The first-order valence-corrected chi connectivity index (χ1v) is 14.1. The zero-order valence-corrected chi connectivity index (χ0v) is 24.1. The van der Waals surface area contributed by atoms with Crippen molar-refractivity contribution >= 4 is 5.71 Å². The molecule has 1 heterocycles. The minimum absolute atomic E-state index is 0.00709. The highest BCUT2D eigenvalue weighted by Crippen LogP contribution is 2.39. The standard InChI is InChI=1S/C33H40N4O4/c1-4-5-7-12-30-29(21-24-10-8-6-9-11-24)31(34)32(37(38)39)33(35,22-25-13-17-27(40-2)18-14-25)36(30)23-26-15-19-28(41-3)20-16-26/h6,8-11,13-20,32,34H,4-5,7,12,21-23,35H2,1-3H3. The van der Waals surface area contributed by atoms with E-state index in [4.69, 9.17) is 15.2 Å². The molecule has 3 aromatic rings. The third-order valence-electron chi connectivity index (χ3n) is 7.85. The molecule has 3 N–H and O–H groups in total. The highest BCUT2D eigenvalue weighted by molar-refractivity contribution is 6.03. The maximum Gasteiger partial charge on any atom is 0.290 e. The fourth-order valence-electron chi connectivity index (χ4n) is 5.66. The number of nitrogens with one attached hydrogen (secondary N) is 1. The molecule has 2 atom stereocenters. The van der Waals surface area contributed by atoms with Crippen LogP contribution < -0.4 is 15.2 Å². The van der Waals surface area contributed by atoms with E-state index in [1.165, 1.54) is 0 Å². The van der Waals surface area contributed by atoms with Crippen LogP contribution in [0.1, 0.15) is 49.3 Å². The number of hydrogen-bond donors (Lipinski definition) is 2. The maximum atomic E-state index is 12.8. The van der Waals surface area contributed by atoms with Gasteiger partial charge in [0.2, 0.25) is 0 Å². The Bertz CT molecular complexity index is 1360. The van der Waals surface area contributed by atoms with Crippen molar-refractivity contribution in [3.8, 4) is 11.5 Å². The molecule has 0 aromatic heterocycles. The minimum Gasteiger partial charge on any atom is -0.497 e. The highest BCUT2D eigenvalue weighted by Gasteiger charge is 2.56. The second-order valence-electron chi connectivity index (χ2n) is 10.6. The van der Waals surface area contributed by atoms with Gasteiger partial charge in [-0.1, -0.05) is 74.4 Å². The van der Waals surface area contributed by atoms with Crippen LogP contribution in [0.15, 0.2) is 90.1 Å². The minimum atomic E-state index is -1.48. The number of nitro groups is 1. The van der Waals surface area contributed by atoms with Gasteiger partial charge in [0.15, 0.2) is 5.66 Å². The molecule has 216 valence electrons. The third-order valence-corrected chi connectivity index (χ3v) is 7.85. The van der Waals surface area contributed by atoms with Gasteiger partial charge in [0.1, 0.15) is 17.2 Å². The summed E-state index contributed by atoms with van der Waals surface area (Å²) >= 11 is 0. The van der Waals surface area contributed by atoms with E-state index in [-0.39, 0.29) is 17.1 Å². The van der Waals surface area contributed by atoms with Gasteiger partial charge in [-0.3, -0.25) is 15.5 Å². The molecule has 0 fully saturated rings. The van der Waals surface area contributed by atoms with Crippen LogP contribution in [0.4, 0.5) is 0 Å². The molecule has 0 aliphatic carbocycles. The Hall–Kier alpha value is -4.17. The molecule has 0 saturated heterocycles. The predicted octanol–water partition coefficient (Wildman–Crippen LogP) is 6.16. The number of rotatable bonds is 13. The summed E-state index contributed by atoms with van der Waals surface area (Å²) in [5, 5.41) is 22.1. The molecule has 0 saturated carbocycles. The molecule has 0 radical (unpaired) electrons. The van der Waals surface area contributed by atoms with Gasteiger partial charge in [-0.2, -0.15) is 0 Å². The van der Waals surface area contributed by atoms with Crippen molar-refractivity contribution < 1.29 is 14.4 Å². The Morgan fingerprint density at radius 3 is 2.02 bits per heavy atom. The Kier molecular flexibility index (Phi) is 9.78. The number of hydrogen-bond acceptors (Lipinski definition) is 7. The molecular weight excluding hydrogens is 516 g/mol. The van der Waals surface area contributed by atoms with Crippen molar-refractivity contribution in [3.63, 3.8) is 0 Å². The summed E-state index contributed by atoms with van der Waals surface area (Å²) in [6.45, 7) is 2.52. The van der Waals surface area contributed by atoms with Crippen LogP contribution in [0.2, 0.25) is 0 Å². The van der Waals surface area contributed by atoms with Gasteiger partial charge in [-0.15, -0.1) is 0 Å². The second kappa shape index (κ2) is 13.5. The van der Waals surface area contributed by atoms with Gasteiger partial charge in [-0.25, -0.2) is 0 Å². The van der Waals surface area contributed by atoms with Crippen molar-refractivity contribution in [2.45, 2.75) is 63.7 Å². The number of unbranched alkanes of at least 4 members (excludes halogenated alkanes) is 2. The molecule has 1 aliphatic heterocycles. The van der Waals surface area contributed by atoms with Crippen molar-refractivity contribution in [1.29, 1.82) is 5.41 Å². The first-order valence-electron chi connectivity index (χ1n) is 14.1. The molecule has 3 aromatic carbocycles. The lowest BCUT2D eigenvalue weighted by Gasteiger charge is -2.49. The molecule has 4 rings (SSSR count). The van der Waals surface area contributed by atoms with Crippen LogP contribution in [0.25, 0.3) is 0 Å². The Labute approximate surface area is 242 Å². The third kappa shape index (κ3) is 6.77. The van der Waals surface area contributed by atoms with Gasteiger partial charge in [0.05, 0.1) is 14.2 Å². The SMILES string of the molecule is CCCCCC1=C(Cc2ccccc2)C(=N)C([N+](=O)[O-])C(N)(Cc2ccc(OC)cc2)N1Cc1ccc(OC)cc1. The van der Waals surface area contributed by atoms with Crippen LogP contribution in [0, 0.1) is 15.5 Å². The summed E-state index contributed by atoms with van der Waals surface area (Å²) in [7, 11) is 3.22. The molecule has 1 aliphatic rings. The molecule has 8 nitrogen and oxygen atoms in total. The van der Waals surface area contributed by atoms with E-state index in [1.54, 1.807) is 14.2 Å². The lowest BCUT2D eigenvalue weighted by molar-refractivity contribution is -0.520. The van der Waals surface area contributed by atoms with E-state index in [0.29, 0.717) is 30.7 Å². The Balaban J connectivity index is 1.89. The van der Waals surface area contributed by atoms with Gasteiger partial charge >= 0.3 is 0 Å². The van der Waals surface area contributed by atoms with Gasteiger partial charge < -0.3 is 20.1 Å². The van der Waals surface area contributed by atoms with Crippen LogP contribution in [-0.4, -0.2) is 41.5 Å². The lowest BCUT2D eigenvalue weighted by atomic mass is 9.78. The van der Waals surface area contributed by atoms with E-state index in [2.05, 4.69) is 6.92 Å². The van der Waals surface area contributed by atoms with Crippen molar-refractivity contribution in [3.05, 3.63) is 117 Å². The fraction of sp³-hybridized carbons (Fsp3) is 0.364. The van der Waals surface area contributed by atoms with E-state index in [0.717, 1.165) is 47.4 Å². The van der Waals surface area contributed by atoms with Crippen LogP contribution in [0.3, 0.4) is 0 Å². The van der Waals surface area contributed by atoms with Gasteiger partial charge in [0, 0.05) is 35.6 Å². The second-order valence-corrected chi connectivity index (χ2v) is 10.6. The molecular formula is C33H40N4O4. The quantitative estimate of drug-likeness (QED) is 0.148. The largest absolute Gasteiger partial charge is 0.497 e. The zero-order valence-electron chi connectivity index (χ0n) is 24.1. The number of nitrogens with two attached hydrogens (primary N) is 1. The topological polar surface area (TPSA) is 115 Å². The molecule has 0 amide bonds. The van der Waals surface area contributed by atoms with Crippen molar-refractivity contribution in [2.24, 2.45) is 5.73 Å². The molecule has 0 bridgehead atoms. The number of ether oxygens (including phenoxy) is 2. The van der Waals surface area contributed by atoms with E-state index >= 15 is 0 Å². The predicted molar refractivity (Wildman–Crippen MR) is 162 cm³/mol. The monoisotopic (exact) mass is 556 g/mol. The fourth-order valence-corrected chi connectivity index (χ4v) is 5.66. The van der Waals surface area contributed by atoms with Gasteiger partial charge in [0.25, 0.3) is 6.04 Å². The number of benzene rings is 3. The summed E-state index contributed by atoms with van der Waals surface area (Å²) in [6.07, 6.45) is 4.26. The maximum absolute atomic E-state index is 12.8. The smallest absolute Gasteiger partial charge is 0.290 e. The highest BCUT2D eigenvalue weighted by atomic mass is 16.6. The van der Waals surface area contributed by atoms with Crippen LogP contribution in [-0.2, 0) is 19.4 Å². The van der Waals surface area contributed by atoms with Crippen molar-refractivity contribution in [1.82, 2.24) is 4.90 Å². The molecule has 41 heavy (non-hydrogen) atoms. The molecule has 2 unspecified atom stereocenters. The molecule has 0 spiro atoms. The molecule has 8 heteroatoms. The van der Waals surface area contributed by atoms with Crippen LogP contribution >= 0.6 is 0 Å². The lowest BCUT2D eigenvalue weighted by Crippen LogP contribution is -2.71. The zero-order chi connectivity index (χ0) is 29.4. The van der Waals surface area contributed by atoms with E-state index < -0.39 is 11.7 Å². The van der Waals surface area contributed by atoms with Crippen molar-refractivity contribution in [2.75, 3.05) is 14.2 Å². The summed E-state index contributed by atoms with van der Waals surface area (Å²) in [6, 6.07) is 23.6. The average molecular weight is 557 g/mol. The summed E-state index contributed by atoms with van der Waals surface area (Å²) in [5.41, 5.74) is 10.2. The average Bonchev–Trinajstić information content (AvgIpc) is 2.98. The number of methoxy groups -OCH3 is 2. The first kappa shape index (κ1) is 29.8. The van der Waals surface area contributed by atoms with E-state index in [9.17, 15) is 15.5 Å². The van der Waals surface area contributed by atoms with E-state index in [1.807, 2.05) is 83.8 Å². The number of allylic oxidation sites excluding steroid dienone is 1. The number of nitrogens with zero attached hydrogens (tertiary/aromatic N) is 2. The summed E-state index contributed by atoms with van der Waals surface area (Å²) < 4.78 is 10.7. The first-order chi connectivity index (χ1) is 19.8. The summed E-state index contributed by atoms with van der Waals surface area (Å²) in [5.74, 6) is 1.43.